The molecule has 2 unspecified atom stereocenters. The zero-order chi connectivity index (χ0) is 15.2. The maximum Gasteiger partial charge on any atom is 0.130 e. The predicted octanol–water partition coefficient (Wildman–Crippen LogP) is -1.09. The van der Waals surface area contributed by atoms with Crippen molar-refractivity contribution in [3.8, 4) is 0 Å². The third kappa shape index (κ3) is 6.47. The Bertz CT molecular complexity index is 248. The van der Waals surface area contributed by atoms with E-state index in [4.69, 9.17) is 19.7 Å². The van der Waals surface area contributed by atoms with Gasteiger partial charge in [0, 0.05) is 0 Å². The van der Waals surface area contributed by atoms with Crippen molar-refractivity contribution in [2.24, 2.45) is 0 Å². The molecule has 2 N–H and O–H groups in total. The SMILES string of the molecule is C[N+](C)(CCO)CC1COC(C[N+](C)(C)CCO)CO1. The first-order valence-electron chi connectivity index (χ1n) is 7.37. The van der Waals surface area contributed by atoms with Gasteiger partial charge in [-0.3, -0.25) is 0 Å². The molecule has 1 heterocycles. The van der Waals surface area contributed by atoms with Gasteiger partial charge in [0.05, 0.1) is 54.6 Å². The molecule has 0 spiro atoms. The van der Waals surface area contributed by atoms with Gasteiger partial charge in [-0.15, -0.1) is 0 Å². The molecule has 1 fully saturated rings. The molecule has 0 radical (unpaired) electrons. The molecule has 6 heteroatoms. The zero-order valence-corrected chi connectivity index (χ0v) is 13.4. The van der Waals surface area contributed by atoms with Gasteiger partial charge in [-0.25, -0.2) is 0 Å². The van der Waals surface area contributed by atoms with Gasteiger partial charge >= 0.3 is 0 Å². The van der Waals surface area contributed by atoms with E-state index in [0.29, 0.717) is 13.2 Å². The van der Waals surface area contributed by atoms with E-state index in [9.17, 15) is 0 Å². The Morgan fingerprint density at radius 3 is 1.40 bits per heavy atom. The summed E-state index contributed by atoms with van der Waals surface area (Å²) in [7, 11) is 8.36. The molecular weight excluding hydrogens is 260 g/mol. The summed E-state index contributed by atoms with van der Waals surface area (Å²) in [5, 5.41) is 18.1. The highest BCUT2D eigenvalue weighted by Crippen LogP contribution is 2.13. The molecular formula is C14H32N2O4+2. The fourth-order valence-electron chi connectivity index (χ4n) is 2.62. The second kappa shape index (κ2) is 7.68. The molecule has 0 bridgehead atoms. The number of ether oxygens (including phenoxy) is 2. The molecule has 1 aliphatic rings. The van der Waals surface area contributed by atoms with Crippen molar-refractivity contribution in [1.82, 2.24) is 0 Å². The molecule has 0 aromatic rings. The number of aliphatic hydroxyl groups is 2. The normalized spacial score (nSPS) is 24.9. The van der Waals surface area contributed by atoms with Crippen LogP contribution in [0.15, 0.2) is 0 Å². The van der Waals surface area contributed by atoms with Crippen molar-refractivity contribution >= 4 is 0 Å². The highest BCUT2D eigenvalue weighted by molar-refractivity contribution is 4.67. The number of nitrogens with zero attached hydrogens (tertiary/aromatic N) is 2. The Morgan fingerprint density at radius 2 is 1.15 bits per heavy atom. The third-order valence-electron chi connectivity index (χ3n) is 3.84. The molecule has 0 amide bonds. The van der Waals surface area contributed by atoms with Crippen LogP contribution in [0, 0.1) is 0 Å². The van der Waals surface area contributed by atoms with E-state index in [-0.39, 0.29) is 25.4 Å². The lowest BCUT2D eigenvalue weighted by molar-refractivity contribution is -0.897. The van der Waals surface area contributed by atoms with Crippen LogP contribution in [0.5, 0.6) is 0 Å². The quantitative estimate of drug-likeness (QED) is 0.558. The largest absolute Gasteiger partial charge is 0.391 e. The highest BCUT2D eigenvalue weighted by Gasteiger charge is 2.31. The average molecular weight is 292 g/mol. The van der Waals surface area contributed by atoms with Gasteiger partial charge in [-0.05, 0) is 0 Å². The number of likely N-dealkylation sites (N-methyl/N-ethyl adjacent to an activating group) is 2. The summed E-state index contributed by atoms with van der Waals surface area (Å²) in [4.78, 5) is 0. The van der Waals surface area contributed by atoms with E-state index < -0.39 is 0 Å². The van der Waals surface area contributed by atoms with Crippen LogP contribution in [0.4, 0.5) is 0 Å². The van der Waals surface area contributed by atoms with Crippen LogP contribution in [0.2, 0.25) is 0 Å². The van der Waals surface area contributed by atoms with Crippen LogP contribution in [0.3, 0.4) is 0 Å². The minimum Gasteiger partial charge on any atom is -0.391 e. The lowest BCUT2D eigenvalue weighted by Crippen LogP contribution is -2.54. The maximum atomic E-state index is 9.04. The molecule has 0 aliphatic carbocycles. The summed E-state index contributed by atoms with van der Waals surface area (Å²) < 4.78 is 13.3. The summed E-state index contributed by atoms with van der Waals surface area (Å²) in [6.07, 6.45) is 0.197. The number of rotatable bonds is 8. The van der Waals surface area contributed by atoms with Crippen LogP contribution in [-0.4, -0.2) is 112 Å². The third-order valence-corrected chi connectivity index (χ3v) is 3.84. The van der Waals surface area contributed by atoms with Crippen LogP contribution >= 0.6 is 0 Å². The van der Waals surface area contributed by atoms with Gasteiger partial charge in [0.15, 0.2) is 0 Å². The van der Waals surface area contributed by atoms with Crippen molar-refractivity contribution in [3.63, 3.8) is 0 Å². The van der Waals surface area contributed by atoms with Crippen molar-refractivity contribution in [3.05, 3.63) is 0 Å². The predicted molar refractivity (Wildman–Crippen MR) is 77.3 cm³/mol. The molecule has 1 rings (SSSR count). The topological polar surface area (TPSA) is 58.9 Å². The summed E-state index contributed by atoms with van der Waals surface area (Å²) >= 11 is 0. The number of aliphatic hydroxyl groups excluding tert-OH is 2. The van der Waals surface area contributed by atoms with E-state index in [1.165, 1.54) is 0 Å². The zero-order valence-electron chi connectivity index (χ0n) is 13.4. The van der Waals surface area contributed by atoms with Crippen LogP contribution in [0.25, 0.3) is 0 Å². The van der Waals surface area contributed by atoms with Gasteiger partial charge in [-0.2, -0.15) is 0 Å². The summed E-state index contributed by atoms with van der Waals surface area (Å²) in [5.74, 6) is 0. The second-order valence-electron chi connectivity index (χ2n) is 7.04. The average Bonchev–Trinajstić information content (AvgIpc) is 2.30. The minimum atomic E-state index is 0.0984. The Hall–Kier alpha value is -0.240. The number of hydrogen-bond acceptors (Lipinski definition) is 4. The van der Waals surface area contributed by atoms with Crippen molar-refractivity contribution in [2.75, 3.05) is 80.8 Å². The summed E-state index contributed by atoms with van der Waals surface area (Å²) in [6, 6.07) is 0. The molecule has 120 valence electrons. The van der Waals surface area contributed by atoms with E-state index in [1.807, 2.05) is 0 Å². The van der Waals surface area contributed by atoms with Gasteiger partial charge in [0.2, 0.25) is 0 Å². The molecule has 6 nitrogen and oxygen atoms in total. The molecule has 0 saturated carbocycles. The molecule has 0 aromatic carbocycles. The van der Waals surface area contributed by atoms with Crippen LogP contribution in [-0.2, 0) is 9.47 Å². The second-order valence-corrected chi connectivity index (χ2v) is 7.04. The van der Waals surface area contributed by atoms with E-state index in [2.05, 4.69) is 28.2 Å². The van der Waals surface area contributed by atoms with Gasteiger partial charge < -0.3 is 28.7 Å². The Kier molecular flexibility index (Phi) is 6.84. The fourth-order valence-corrected chi connectivity index (χ4v) is 2.62. The first-order chi connectivity index (χ1) is 9.28. The van der Waals surface area contributed by atoms with E-state index >= 15 is 0 Å². The van der Waals surface area contributed by atoms with Crippen molar-refractivity contribution < 1.29 is 28.7 Å². The van der Waals surface area contributed by atoms with Gasteiger partial charge in [0.25, 0.3) is 0 Å². The smallest absolute Gasteiger partial charge is 0.130 e. The standard InChI is InChI=1S/C14H32N2O4/c1-15(2,5-7-17)9-13-11-20-14(12-19-13)10-16(3,4)6-8-18/h13-14,17-18H,5-12H2,1-4H3/q+2. The Balaban J connectivity index is 2.33. The Labute approximate surface area is 122 Å². The first-order valence-corrected chi connectivity index (χ1v) is 7.37. The first kappa shape index (κ1) is 17.8. The monoisotopic (exact) mass is 292 g/mol. The lowest BCUT2D eigenvalue weighted by atomic mass is 10.2. The molecule has 1 aliphatic heterocycles. The number of hydrogen-bond donors (Lipinski definition) is 2. The molecule has 20 heavy (non-hydrogen) atoms. The van der Waals surface area contributed by atoms with Gasteiger partial charge in [0.1, 0.15) is 38.4 Å². The lowest BCUT2D eigenvalue weighted by Gasteiger charge is -2.38. The van der Waals surface area contributed by atoms with E-state index in [0.717, 1.165) is 35.1 Å². The molecule has 0 aromatic heterocycles. The summed E-state index contributed by atoms with van der Waals surface area (Å²) in [6.45, 7) is 4.75. The van der Waals surface area contributed by atoms with E-state index in [1.54, 1.807) is 0 Å². The van der Waals surface area contributed by atoms with Crippen LogP contribution < -0.4 is 0 Å². The molecule has 1 saturated heterocycles. The highest BCUT2D eigenvalue weighted by atomic mass is 16.6. The summed E-state index contributed by atoms with van der Waals surface area (Å²) in [5.41, 5.74) is 0. The maximum absolute atomic E-state index is 9.04. The van der Waals surface area contributed by atoms with Crippen molar-refractivity contribution in [1.29, 1.82) is 0 Å². The van der Waals surface area contributed by atoms with Gasteiger partial charge in [-0.1, -0.05) is 0 Å². The Morgan fingerprint density at radius 1 is 0.800 bits per heavy atom. The molecule has 2 atom stereocenters. The number of quaternary nitrogens is 2. The van der Waals surface area contributed by atoms with Crippen molar-refractivity contribution in [2.45, 2.75) is 12.2 Å². The van der Waals surface area contributed by atoms with Crippen LogP contribution in [0.1, 0.15) is 0 Å². The minimum absolute atomic E-state index is 0.0984. The fraction of sp³-hybridized carbons (Fsp3) is 1.00.